The van der Waals surface area contributed by atoms with Crippen LogP contribution in [0.3, 0.4) is 0 Å². The summed E-state index contributed by atoms with van der Waals surface area (Å²) in [6.45, 7) is 4.43. The van der Waals surface area contributed by atoms with Crippen LogP contribution < -0.4 is 10.6 Å². The Morgan fingerprint density at radius 2 is 2.18 bits per heavy atom. The Morgan fingerprint density at radius 1 is 1.36 bits per heavy atom. The van der Waals surface area contributed by atoms with Gasteiger partial charge in [-0.15, -0.1) is 11.3 Å². The molecule has 2 aromatic rings. The summed E-state index contributed by atoms with van der Waals surface area (Å²) in [4.78, 5) is 29.1. The van der Waals surface area contributed by atoms with E-state index in [9.17, 15) is 9.59 Å². The molecule has 2 aliphatic rings. The minimum atomic E-state index is 0.0512. The number of nitrogens with zero attached hydrogens (tertiary/aromatic N) is 1. The molecular weight excluding hydrogens is 390 g/mol. The van der Waals surface area contributed by atoms with E-state index in [2.05, 4.69) is 35.5 Å². The zero-order valence-corrected chi connectivity index (χ0v) is 17.9. The third-order valence-corrected chi connectivity index (χ3v) is 8.22. The number of piperidine rings is 1. The van der Waals surface area contributed by atoms with Gasteiger partial charge in [-0.3, -0.25) is 9.59 Å². The van der Waals surface area contributed by atoms with Crippen LogP contribution in [-0.4, -0.2) is 34.6 Å². The number of aromatic nitrogens is 1. The van der Waals surface area contributed by atoms with E-state index >= 15 is 0 Å². The molecule has 28 heavy (non-hydrogen) atoms. The summed E-state index contributed by atoms with van der Waals surface area (Å²) in [5, 5.41) is 6.36. The van der Waals surface area contributed by atoms with Crippen molar-refractivity contribution in [3.63, 3.8) is 0 Å². The van der Waals surface area contributed by atoms with E-state index in [0.717, 1.165) is 33.8 Å². The number of thiazole rings is 1. The fraction of sp³-hybridized carbons (Fsp3) is 0.571. The highest BCUT2D eigenvalue weighted by Gasteiger charge is 2.41. The fourth-order valence-corrected chi connectivity index (χ4v) is 6.55. The summed E-state index contributed by atoms with van der Waals surface area (Å²) >= 11 is 3.12. The van der Waals surface area contributed by atoms with Gasteiger partial charge in [0.05, 0.1) is 16.0 Å². The highest BCUT2D eigenvalue weighted by atomic mass is 32.2. The topological polar surface area (TPSA) is 71.1 Å². The summed E-state index contributed by atoms with van der Waals surface area (Å²) < 4.78 is 2.08. The van der Waals surface area contributed by atoms with E-state index < -0.39 is 0 Å². The van der Waals surface area contributed by atoms with Crippen molar-refractivity contribution in [3.05, 3.63) is 24.3 Å². The zero-order chi connectivity index (χ0) is 19.7. The Balaban J connectivity index is 1.30. The number of hydrogen-bond acceptors (Lipinski definition) is 5. The molecular formula is C21H27N3O2S2. The minimum Gasteiger partial charge on any atom is -0.353 e. The van der Waals surface area contributed by atoms with Crippen molar-refractivity contribution in [2.45, 2.75) is 56.0 Å². The number of fused-ring (bicyclic) bond motifs is 2. The first-order valence-electron chi connectivity index (χ1n) is 10.1. The molecule has 1 aliphatic carbocycles. The van der Waals surface area contributed by atoms with E-state index in [4.69, 9.17) is 0 Å². The van der Waals surface area contributed by atoms with Gasteiger partial charge in [0, 0.05) is 18.5 Å². The molecule has 4 rings (SSSR count). The number of benzene rings is 1. The molecule has 7 heteroatoms. The maximum absolute atomic E-state index is 12.5. The number of carbonyl (C=O) groups is 2. The molecule has 0 bridgehead atoms. The molecule has 150 valence electrons. The first-order valence-corrected chi connectivity index (χ1v) is 11.9. The summed E-state index contributed by atoms with van der Waals surface area (Å²) in [5.41, 5.74) is 0.987. The van der Waals surface area contributed by atoms with Crippen LogP contribution in [0.25, 0.3) is 10.2 Å². The smallest absolute Gasteiger partial charge is 0.230 e. The predicted molar refractivity (Wildman–Crippen MR) is 114 cm³/mol. The summed E-state index contributed by atoms with van der Waals surface area (Å²) in [6.07, 6.45) is 3.56. The van der Waals surface area contributed by atoms with Gasteiger partial charge in [0.2, 0.25) is 11.8 Å². The van der Waals surface area contributed by atoms with Gasteiger partial charge in [-0.2, -0.15) is 0 Å². The maximum atomic E-state index is 12.5. The van der Waals surface area contributed by atoms with Crippen molar-refractivity contribution in [1.29, 1.82) is 0 Å². The fourth-order valence-electron chi connectivity index (χ4n) is 4.67. The summed E-state index contributed by atoms with van der Waals surface area (Å²) in [6, 6.07) is 8.38. The van der Waals surface area contributed by atoms with E-state index in [1.165, 1.54) is 11.8 Å². The molecule has 2 heterocycles. The molecule has 1 saturated heterocycles. The van der Waals surface area contributed by atoms with Gasteiger partial charge < -0.3 is 10.6 Å². The van der Waals surface area contributed by atoms with Crippen molar-refractivity contribution >= 4 is 45.1 Å². The summed E-state index contributed by atoms with van der Waals surface area (Å²) in [7, 11) is 0. The van der Waals surface area contributed by atoms with Crippen LogP contribution in [0.5, 0.6) is 0 Å². The number of para-hydroxylation sites is 1. The van der Waals surface area contributed by atoms with Crippen molar-refractivity contribution in [2.24, 2.45) is 17.8 Å². The van der Waals surface area contributed by atoms with Gasteiger partial charge in [-0.1, -0.05) is 37.7 Å². The number of rotatable bonds is 5. The van der Waals surface area contributed by atoms with Crippen LogP contribution in [0.1, 0.15) is 39.5 Å². The average Bonchev–Trinajstić information content (AvgIpc) is 3.08. The minimum absolute atomic E-state index is 0.0512. The SMILES string of the molecule is CC(C)C1CC(=O)NC2CC(NC(=O)CSc3nc4ccccc4s3)CCC21. The first kappa shape index (κ1) is 19.7. The van der Waals surface area contributed by atoms with Crippen LogP contribution in [-0.2, 0) is 9.59 Å². The van der Waals surface area contributed by atoms with Gasteiger partial charge in [0.15, 0.2) is 4.34 Å². The Morgan fingerprint density at radius 3 is 2.96 bits per heavy atom. The van der Waals surface area contributed by atoms with E-state index in [1.54, 1.807) is 11.3 Å². The molecule has 2 N–H and O–H groups in total. The molecule has 0 radical (unpaired) electrons. The lowest BCUT2D eigenvalue weighted by atomic mass is 9.67. The molecule has 1 aliphatic heterocycles. The maximum Gasteiger partial charge on any atom is 0.230 e. The Kier molecular flexibility index (Phi) is 5.92. The highest BCUT2D eigenvalue weighted by Crippen LogP contribution is 2.39. The van der Waals surface area contributed by atoms with Crippen molar-refractivity contribution in [2.75, 3.05) is 5.75 Å². The summed E-state index contributed by atoms with van der Waals surface area (Å²) in [5.74, 6) is 2.13. The molecule has 1 aromatic heterocycles. The zero-order valence-electron chi connectivity index (χ0n) is 16.3. The number of nitrogens with one attached hydrogen (secondary N) is 2. The molecule has 4 atom stereocenters. The van der Waals surface area contributed by atoms with Gasteiger partial charge in [-0.05, 0) is 49.1 Å². The first-order chi connectivity index (χ1) is 13.5. The normalized spacial score (nSPS) is 27.5. The van der Waals surface area contributed by atoms with E-state index in [1.807, 2.05) is 18.2 Å². The lowest BCUT2D eigenvalue weighted by Gasteiger charge is -2.45. The Bertz CT molecular complexity index is 833. The van der Waals surface area contributed by atoms with Crippen molar-refractivity contribution < 1.29 is 9.59 Å². The lowest BCUT2D eigenvalue weighted by molar-refractivity contribution is -0.128. The van der Waals surface area contributed by atoms with Crippen molar-refractivity contribution in [3.8, 4) is 0 Å². The molecule has 5 nitrogen and oxygen atoms in total. The van der Waals surface area contributed by atoms with Crippen LogP contribution in [0.4, 0.5) is 0 Å². The van der Waals surface area contributed by atoms with Gasteiger partial charge in [0.1, 0.15) is 0 Å². The van der Waals surface area contributed by atoms with E-state index in [-0.39, 0.29) is 23.9 Å². The quantitative estimate of drug-likeness (QED) is 0.725. The standard InChI is InChI=1S/C21H27N3O2S2/c1-12(2)15-10-19(25)23-17-9-13(7-8-14(15)17)22-20(26)11-27-21-24-16-5-3-4-6-18(16)28-21/h3-6,12-15,17H,7-11H2,1-2H3,(H,22,26)(H,23,25). The molecule has 1 saturated carbocycles. The van der Waals surface area contributed by atoms with Gasteiger partial charge in [0.25, 0.3) is 0 Å². The molecule has 4 unspecified atom stereocenters. The largest absolute Gasteiger partial charge is 0.353 e. The Hall–Kier alpha value is -1.60. The second kappa shape index (κ2) is 8.41. The number of amides is 2. The number of hydrogen-bond donors (Lipinski definition) is 2. The molecule has 2 amide bonds. The second-order valence-electron chi connectivity index (χ2n) is 8.26. The molecule has 1 aromatic carbocycles. The average molecular weight is 418 g/mol. The lowest BCUT2D eigenvalue weighted by Crippen LogP contribution is -2.56. The monoisotopic (exact) mass is 417 g/mol. The van der Waals surface area contributed by atoms with E-state index in [0.29, 0.717) is 29.9 Å². The molecule has 2 fully saturated rings. The van der Waals surface area contributed by atoms with Gasteiger partial charge in [-0.25, -0.2) is 4.98 Å². The third kappa shape index (κ3) is 4.35. The number of carbonyl (C=O) groups excluding carboxylic acids is 2. The van der Waals surface area contributed by atoms with Crippen LogP contribution >= 0.6 is 23.1 Å². The predicted octanol–water partition coefficient (Wildman–Crippen LogP) is 3.83. The number of thioether (sulfide) groups is 1. The van der Waals surface area contributed by atoms with Gasteiger partial charge >= 0.3 is 0 Å². The van der Waals surface area contributed by atoms with Crippen LogP contribution in [0.15, 0.2) is 28.6 Å². The second-order valence-corrected chi connectivity index (χ2v) is 10.5. The van der Waals surface area contributed by atoms with Crippen molar-refractivity contribution in [1.82, 2.24) is 15.6 Å². The van der Waals surface area contributed by atoms with Crippen LogP contribution in [0, 0.1) is 17.8 Å². The third-order valence-electron chi connectivity index (χ3n) is 6.04. The van der Waals surface area contributed by atoms with Crippen LogP contribution in [0.2, 0.25) is 0 Å². The highest BCUT2D eigenvalue weighted by molar-refractivity contribution is 8.01. The molecule has 0 spiro atoms. The Labute approximate surface area is 174 Å².